The van der Waals surface area contributed by atoms with Crippen LogP contribution in [0.5, 0.6) is 0 Å². The Bertz CT molecular complexity index is 1140. The van der Waals surface area contributed by atoms with Crippen LogP contribution in [0.25, 0.3) is 22.0 Å². The number of fused-ring (bicyclic) bond motifs is 1. The first kappa shape index (κ1) is 20.2. The Kier molecular flexibility index (Phi) is 5.40. The van der Waals surface area contributed by atoms with Crippen LogP contribution < -0.4 is 5.32 Å². The van der Waals surface area contributed by atoms with Crippen LogP contribution in [0.4, 0.5) is 0 Å². The van der Waals surface area contributed by atoms with Gasteiger partial charge in [0.05, 0.1) is 16.7 Å². The lowest BCUT2D eigenvalue weighted by Gasteiger charge is -2.15. The highest BCUT2D eigenvalue weighted by Crippen LogP contribution is 2.35. The molecule has 3 heterocycles. The van der Waals surface area contributed by atoms with Crippen LogP contribution >= 0.6 is 0 Å². The number of amides is 2. The van der Waals surface area contributed by atoms with E-state index in [-0.39, 0.29) is 5.91 Å². The van der Waals surface area contributed by atoms with Crippen molar-refractivity contribution in [3.63, 3.8) is 0 Å². The number of nitrogens with one attached hydrogen (secondary N) is 1. The lowest BCUT2D eigenvalue weighted by molar-refractivity contribution is -0.122. The molecule has 0 fully saturated rings. The third-order valence-corrected chi connectivity index (χ3v) is 6.87. The van der Waals surface area contributed by atoms with Gasteiger partial charge in [-0.15, -0.1) is 0 Å². The molecule has 0 spiro atoms. The highest BCUT2D eigenvalue weighted by atomic mass is 28.3. The molecule has 0 radical (unpaired) electrons. The Labute approximate surface area is 176 Å². The second kappa shape index (κ2) is 8.01. The van der Waals surface area contributed by atoms with E-state index in [1.807, 2.05) is 35.0 Å². The molecule has 0 saturated carbocycles. The molecule has 0 unspecified atom stereocenters. The van der Waals surface area contributed by atoms with Gasteiger partial charge in [-0.05, 0) is 18.2 Å². The summed E-state index contributed by atoms with van der Waals surface area (Å²) in [6.07, 6.45) is 5.15. The standard InChI is InChI=1S/C23H25N3O3Si/c1-30(2,3)12-11-29-15-26-14-18(17-8-4-5-9-19(17)26)21-20(22(27)25-23(21)28)16-7-6-10-24-13-16/h4-10,13-14H,11-12,15H2,1-3H3,(H,25,27,28). The van der Waals surface area contributed by atoms with Crippen LogP contribution in [0.1, 0.15) is 11.1 Å². The van der Waals surface area contributed by atoms with Gasteiger partial charge in [-0.25, -0.2) is 0 Å². The summed E-state index contributed by atoms with van der Waals surface area (Å²) < 4.78 is 7.94. The average Bonchev–Trinajstić information content (AvgIpc) is 3.21. The summed E-state index contributed by atoms with van der Waals surface area (Å²) in [5, 5.41) is 3.35. The van der Waals surface area contributed by atoms with E-state index >= 15 is 0 Å². The molecule has 2 aromatic heterocycles. The average molecular weight is 420 g/mol. The summed E-state index contributed by atoms with van der Waals surface area (Å²) in [6.45, 7) is 8.07. The SMILES string of the molecule is C[Si](C)(C)CCOCn1cc(C2=C(c3cccnc3)C(=O)NC2=O)c2ccccc21. The first-order chi connectivity index (χ1) is 14.3. The number of hydrogen-bond donors (Lipinski definition) is 1. The number of imide groups is 1. The summed E-state index contributed by atoms with van der Waals surface area (Å²) in [5.74, 6) is -0.785. The van der Waals surface area contributed by atoms with Crippen molar-refractivity contribution in [1.29, 1.82) is 0 Å². The third-order valence-electron chi connectivity index (χ3n) is 5.17. The summed E-state index contributed by atoms with van der Waals surface area (Å²) in [5.41, 5.74) is 3.05. The Hall–Kier alpha value is -3.03. The summed E-state index contributed by atoms with van der Waals surface area (Å²) >= 11 is 0. The molecule has 2 amide bonds. The van der Waals surface area contributed by atoms with E-state index in [9.17, 15) is 9.59 Å². The number of ether oxygens (including phenoxy) is 1. The predicted molar refractivity (Wildman–Crippen MR) is 120 cm³/mol. The summed E-state index contributed by atoms with van der Waals surface area (Å²) in [6, 6.07) is 12.5. The van der Waals surface area contributed by atoms with E-state index in [1.165, 1.54) is 0 Å². The van der Waals surface area contributed by atoms with Gasteiger partial charge in [0.2, 0.25) is 0 Å². The minimum absolute atomic E-state index is 0.357. The van der Waals surface area contributed by atoms with Crippen molar-refractivity contribution in [2.75, 3.05) is 6.61 Å². The minimum atomic E-state index is -1.17. The number of rotatable bonds is 7. The minimum Gasteiger partial charge on any atom is -0.361 e. The molecule has 4 rings (SSSR count). The van der Waals surface area contributed by atoms with Crippen molar-refractivity contribution in [1.82, 2.24) is 14.9 Å². The van der Waals surface area contributed by atoms with E-state index in [1.54, 1.807) is 24.5 Å². The van der Waals surface area contributed by atoms with Crippen LogP contribution in [0, 0.1) is 0 Å². The Morgan fingerprint density at radius 2 is 1.80 bits per heavy atom. The zero-order chi connectivity index (χ0) is 21.3. The van der Waals surface area contributed by atoms with Crippen molar-refractivity contribution in [3.8, 4) is 0 Å². The molecule has 0 aliphatic carbocycles. The Balaban J connectivity index is 1.76. The van der Waals surface area contributed by atoms with Gasteiger partial charge < -0.3 is 9.30 Å². The summed E-state index contributed by atoms with van der Waals surface area (Å²) in [7, 11) is -1.17. The molecule has 7 heteroatoms. The molecule has 0 bridgehead atoms. The zero-order valence-electron chi connectivity index (χ0n) is 17.4. The van der Waals surface area contributed by atoms with Crippen molar-refractivity contribution in [3.05, 3.63) is 66.1 Å². The molecule has 154 valence electrons. The lowest BCUT2D eigenvalue weighted by atomic mass is 9.97. The van der Waals surface area contributed by atoms with E-state index in [2.05, 4.69) is 29.9 Å². The van der Waals surface area contributed by atoms with E-state index in [0.717, 1.165) is 22.5 Å². The smallest absolute Gasteiger partial charge is 0.259 e. The van der Waals surface area contributed by atoms with Crippen LogP contribution in [-0.4, -0.2) is 36.0 Å². The van der Waals surface area contributed by atoms with Crippen LogP contribution in [-0.2, 0) is 21.1 Å². The highest BCUT2D eigenvalue weighted by Gasteiger charge is 2.33. The molecule has 3 aromatic rings. The number of nitrogens with zero attached hydrogens (tertiary/aromatic N) is 2. The van der Waals surface area contributed by atoms with E-state index < -0.39 is 14.0 Å². The van der Waals surface area contributed by atoms with Crippen molar-refractivity contribution in [2.45, 2.75) is 32.4 Å². The van der Waals surface area contributed by atoms with E-state index in [4.69, 9.17) is 4.74 Å². The molecule has 0 saturated heterocycles. The topological polar surface area (TPSA) is 73.2 Å². The van der Waals surface area contributed by atoms with Gasteiger partial charge in [-0.2, -0.15) is 0 Å². The molecule has 6 nitrogen and oxygen atoms in total. The number of aromatic nitrogens is 2. The van der Waals surface area contributed by atoms with Crippen molar-refractivity contribution in [2.24, 2.45) is 0 Å². The number of benzene rings is 1. The fourth-order valence-electron chi connectivity index (χ4n) is 3.59. The van der Waals surface area contributed by atoms with E-state index in [0.29, 0.717) is 30.0 Å². The number of pyridine rings is 1. The van der Waals surface area contributed by atoms with Gasteiger partial charge in [0.1, 0.15) is 6.73 Å². The monoisotopic (exact) mass is 419 g/mol. The normalized spacial score (nSPS) is 14.6. The molecular weight excluding hydrogens is 394 g/mol. The summed E-state index contributed by atoms with van der Waals surface area (Å²) in [4.78, 5) is 29.4. The third kappa shape index (κ3) is 3.99. The first-order valence-corrected chi connectivity index (χ1v) is 13.7. The van der Waals surface area contributed by atoms with Crippen LogP contribution in [0.3, 0.4) is 0 Å². The fourth-order valence-corrected chi connectivity index (χ4v) is 4.35. The van der Waals surface area contributed by atoms with Gasteiger partial charge in [0, 0.05) is 49.8 Å². The molecule has 1 aliphatic rings. The number of carbonyl (C=O) groups excluding carboxylic acids is 2. The fraction of sp³-hybridized carbons (Fsp3) is 0.261. The van der Waals surface area contributed by atoms with Gasteiger partial charge >= 0.3 is 0 Å². The maximum Gasteiger partial charge on any atom is 0.259 e. The number of carbonyl (C=O) groups is 2. The molecular formula is C23H25N3O3Si. The second-order valence-electron chi connectivity index (χ2n) is 8.65. The zero-order valence-corrected chi connectivity index (χ0v) is 18.4. The molecule has 1 aliphatic heterocycles. The Morgan fingerprint density at radius 3 is 2.53 bits per heavy atom. The highest BCUT2D eigenvalue weighted by molar-refractivity contribution is 6.76. The van der Waals surface area contributed by atoms with Gasteiger partial charge in [-0.3, -0.25) is 19.9 Å². The lowest BCUT2D eigenvalue weighted by Crippen LogP contribution is -2.22. The molecule has 1 aromatic carbocycles. The Morgan fingerprint density at radius 1 is 1.03 bits per heavy atom. The molecule has 1 N–H and O–H groups in total. The van der Waals surface area contributed by atoms with Gasteiger partial charge in [0.25, 0.3) is 11.8 Å². The number of hydrogen-bond acceptors (Lipinski definition) is 4. The first-order valence-electron chi connectivity index (χ1n) is 10.0. The quantitative estimate of drug-likeness (QED) is 0.358. The van der Waals surface area contributed by atoms with Crippen molar-refractivity contribution >= 4 is 41.9 Å². The maximum atomic E-state index is 12.7. The van der Waals surface area contributed by atoms with Crippen LogP contribution in [0.2, 0.25) is 25.7 Å². The molecule has 30 heavy (non-hydrogen) atoms. The largest absolute Gasteiger partial charge is 0.361 e. The van der Waals surface area contributed by atoms with Crippen LogP contribution in [0.15, 0.2) is 55.0 Å². The van der Waals surface area contributed by atoms with Gasteiger partial charge in [-0.1, -0.05) is 43.9 Å². The molecule has 0 atom stereocenters. The predicted octanol–water partition coefficient (Wildman–Crippen LogP) is 3.92. The maximum absolute atomic E-state index is 12.7. The second-order valence-corrected chi connectivity index (χ2v) is 14.3. The number of para-hydroxylation sites is 1. The van der Waals surface area contributed by atoms with Crippen molar-refractivity contribution < 1.29 is 14.3 Å². The van der Waals surface area contributed by atoms with Gasteiger partial charge in [0.15, 0.2) is 0 Å².